The van der Waals surface area contributed by atoms with E-state index in [1.54, 1.807) is 15.8 Å². The van der Waals surface area contributed by atoms with Gasteiger partial charge in [0.1, 0.15) is 4.21 Å². The van der Waals surface area contributed by atoms with Gasteiger partial charge in [0.25, 0.3) is 10.0 Å². The molecular formula is C13H15N3O3S2. The Labute approximate surface area is 126 Å². The van der Waals surface area contributed by atoms with E-state index in [0.29, 0.717) is 40.6 Å². The van der Waals surface area contributed by atoms with Crippen LogP contribution in [0.4, 0.5) is 0 Å². The van der Waals surface area contributed by atoms with Gasteiger partial charge in [-0.3, -0.25) is 0 Å². The van der Waals surface area contributed by atoms with Crippen molar-refractivity contribution in [3.05, 3.63) is 17.3 Å². The van der Waals surface area contributed by atoms with Gasteiger partial charge in [0.05, 0.1) is 5.56 Å². The highest BCUT2D eigenvalue weighted by molar-refractivity contribution is 7.91. The van der Waals surface area contributed by atoms with Gasteiger partial charge in [-0.25, -0.2) is 8.42 Å². The summed E-state index contributed by atoms with van der Waals surface area (Å²) in [7, 11) is -3.36. The first-order valence-electron chi connectivity index (χ1n) is 7.07. The topological polar surface area (TPSA) is 76.3 Å². The second-order valence-corrected chi connectivity index (χ2v) is 8.56. The summed E-state index contributed by atoms with van der Waals surface area (Å²) in [6.45, 7) is 1.23. The standard InChI is InChI=1S/C13H15N3O3S2/c17-21(18,16-5-1-2-6-16)11-7-10(8-20-11)13-15-14-12(19-13)9-3-4-9/h7-9H,1-6H2. The van der Waals surface area contributed by atoms with Crippen LogP contribution in [0.5, 0.6) is 0 Å². The third-order valence-corrected chi connectivity index (χ3v) is 7.16. The predicted molar refractivity (Wildman–Crippen MR) is 77.6 cm³/mol. The number of rotatable bonds is 4. The van der Waals surface area contributed by atoms with E-state index >= 15 is 0 Å². The van der Waals surface area contributed by atoms with Gasteiger partial charge in [-0.2, -0.15) is 4.31 Å². The molecule has 2 aliphatic rings. The number of nitrogens with zero attached hydrogens (tertiary/aromatic N) is 3. The van der Waals surface area contributed by atoms with E-state index in [2.05, 4.69) is 10.2 Å². The van der Waals surface area contributed by atoms with Crippen molar-refractivity contribution in [1.29, 1.82) is 0 Å². The van der Waals surface area contributed by atoms with Crippen molar-refractivity contribution in [2.45, 2.75) is 35.8 Å². The van der Waals surface area contributed by atoms with Gasteiger partial charge in [0.15, 0.2) is 0 Å². The van der Waals surface area contributed by atoms with E-state index in [1.165, 1.54) is 11.3 Å². The molecule has 0 spiro atoms. The molecule has 112 valence electrons. The van der Waals surface area contributed by atoms with E-state index in [4.69, 9.17) is 4.42 Å². The zero-order chi connectivity index (χ0) is 14.4. The molecule has 8 heteroatoms. The molecule has 3 heterocycles. The van der Waals surface area contributed by atoms with Crippen molar-refractivity contribution in [3.63, 3.8) is 0 Å². The Kier molecular flexibility index (Phi) is 3.13. The molecule has 1 saturated carbocycles. The maximum Gasteiger partial charge on any atom is 0.252 e. The van der Waals surface area contributed by atoms with Gasteiger partial charge in [-0.15, -0.1) is 21.5 Å². The Hall–Kier alpha value is -1.25. The maximum absolute atomic E-state index is 12.5. The molecule has 2 fully saturated rings. The predicted octanol–water partition coefficient (Wildman–Crippen LogP) is 2.46. The lowest BCUT2D eigenvalue weighted by Gasteiger charge is -2.13. The summed E-state index contributed by atoms with van der Waals surface area (Å²) < 4.78 is 32.5. The normalized spacial score (nSPS) is 20.2. The summed E-state index contributed by atoms with van der Waals surface area (Å²) in [5.74, 6) is 1.48. The fourth-order valence-corrected chi connectivity index (χ4v) is 5.29. The molecule has 0 amide bonds. The van der Waals surface area contributed by atoms with Crippen molar-refractivity contribution in [2.75, 3.05) is 13.1 Å². The largest absolute Gasteiger partial charge is 0.420 e. The van der Waals surface area contributed by atoms with Gasteiger partial charge < -0.3 is 4.42 Å². The zero-order valence-corrected chi connectivity index (χ0v) is 13.0. The molecule has 1 aliphatic heterocycles. The Bertz CT molecular complexity index is 755. The van der Waals surface area contributed by atoms with Gasteiger partial charge in [-0.05, 0) is 31.7 Å². The fraction of sp³-hybridized carbons (Fsp3) is 0.538. The lowest BCUT2D eigenvalue weighted by atomic mass is 10.3. The van der Waals surface area contributed by atoms with Crippen LogP contribution in [-0.4, -0.2) is 36.0 Å². The molecule has 0 radical (unpaired) electrons. The van der Waals surface area contributed by atoms with Crippen LogP contribution in [0.2, 0.25) is 0 Å². The van der Waals surface area contributed by atoms with Crippen molar-refractivity contribution in [1.82, 2.24) is 14.5 Å². The van der Waals surface area contributed by atoms with Gasteiger partial charge in [0.2, 0.25) is 11.8 Å². The van der Waals surface area contributed by atoms with E-state index < -0.39 is 10.0 Å². The summed E-state index contributed by atoms with van der Waals surface area (Å²) in [6.07, 6.45) is 4.07. The summed E-state index contributed by atoms with van der Waals surface area (Å²) >= 11 is 1.21. The first-order valence-corrected chi connectivity index (χ1v) is 9.39. The summed E-state index contributed by atoms with van der Waals surface area (Å²) in [6, 6.07) is 1.64. The fourth-order valence-electron chi connectivity index (χ4n) is 2.47. The van der Waals surface area contributed by atoms with Crippen LogP contribution in [0.1, 0.15) is 37.5 Å². The molecule has 0 bridgehead atoms. The van der Waals surface area contributed by atoms with Gasteiger partial charge in [0, 0.05) is 24.4 Å². The monoisotopic (exact) mass is 325 g/mol. The van der Waals surface area contributed by atoms with Crippen molar-refractivity contribution in [2.24, 2.45) is 0 Å². The van der Waals surface area contributed by atoms with Crippen LogP contribution >= 0.6 is 11.3 Å². The van der Waals surface area contributed by atoms with E-state index in [-0.39, 0.29) is 0 Å². The number of hydrogen-bond acceptors (Lipinski definition) is 6. The first-order chi connectivity index (χ1) is 10.1. The number of thiophene rings is 1. The highest BCUT2D eigenvalue weighted by atomic mass is 32.2. The van der Waals surface area contributed by atoms with E-state index in [0.717, 1.165) is 25.7 Å². The lowest BCUT2D eigenvalue weighted by molar-refractivity contribution is 0.479. The molecule has 0 atom stereocenters. The van der Waals surface area contributed by atoms with Crippen LogP contribution in [-0.2, 0) is 10.0 Å². The minimum absolute atomic E-state index is 0.352. The lowest BCUT2D eigenvalue weighted by Crippen LogP contribution is -2.27. The second-order valence-electron chi connectivity index (χ2n) is 5.49. The molecule has 0 aromatic carbocycles. The second kappa shape index (κ2) is 4.89. The average molecular weight is 325 g/mol. The number of hydrogen-bond donors (Lipinski definition) is 0. The third kappa shape index (κ3) is 2.41. The van der Waals surface area contributed by atoms with Crippen molar-refractivity contribution >= 4 is 21.4 Å². The number of sulfonamides is 1. The van der Waals surface area contributed by atoms with Crippen LogP contribution in [0.25, 0.3) is 11.5 Å². The molecular weight excluding hydrogens is 310 g/mol. The minimum Gasteiger partial charge on any atom is -0.420 e. The van der Waals surface area contributed by atoms with Crippen LogP contribution in [0.3, 0.4) is 0 Å². The third-order valence-electron chi connectivity index (χ3n) is 3.85. The molecule has 2 aromatic rings. The van der Waals surface area contributed by atoms with Crippen molar-refractivity contribution < 1.29 is 12.8 Å². The van der Waals surface area contributed by atoms with Gasteiger partial charge >= 0.3 is 0 Å². The maximum atomic E-state index is 12.5. The Morgan fingerprint density at radius 1 is 1.24 bits per heavy atom. The average Bonchev–Trinajstić information content (AvgIpc) is 2.99. The molecule has 1 aliphatic carbocycles. The molecule has 21 heavy (non-hydrogen) atoms. The van der Waals surface area contributed by atoms with Gasteiger partial charge in [-0.1, -0.05) is 0 Å². The number of aromatic nitrogens is 2. The first kappa shape index (κ1) is 13.4. The zero-order valence-electron chi connectivity index (χ0n) is 11.4. The highest BCUT2D eigenvalue weighted by Crippen LogP contribution is 2.40. The summed E-state index contributed by atoms with van der Waals surface area (Å²) in [4.78, 5) is 0. The molecule has 1 saturated heterocycles. The molecule has 4 rings (SSSR count). The highest BCUT2D eigenvalue weighted by Gasteiger charge is 2.31. The quantitative estimate of drug-likeness (QED) is 0.863. The minimum atomic E-state index is -3.36. The van der Waals surface area contributed by atoms with Crippen LogP contribution < -0.4 is 0 Å². The van der Waals surface area contributed by atoms with E-state index in [9.17, 15) is 8.42 Å². The summed E-state index contributed by atoms with van der Waals surface area (Å²) in [5.41, 5.74) is 0.692. The van der Waals surface area contributed by atoms with Crippen LogP contribution in [0.15, 0.2) is 20.1 Å². The molecule has 0 N–H and O–H groups in total. The van der Waals surface area contributed by atoms with E-state index in [1.807, 2.05) is 0 Å². The molecule has 0 unspecified atom stereocenters. The van der Waals surface area contributed by atoms with Crippen molar-refractivity contribution in [3.8, 4) is 11.5 Å². The van der Waals surface area contributed by atoms with Crippen LogP contribution in [0, 0.1) is 0 Å². The molecule has 2 aromatic heterocycles. The SMILES string of the molecule is O=S(=O)(c1cc(-c2nnc(C3CC3)o2)cs1)N1CCCC1. The molecule has 6 nitrogen and oxygen atoms in total. The summed E-state index contributed by atoms with van der Waals surface area (Å²) in [5, 5.41) is 9.82. The Morgan fingerprint density at radius 3 is 2.71 bits per heavy atom. The smallest absolute Gasteiger partial charge is 0.252 e. The Balaban J connectivity index is 1.62. The Morgan fingerprint density at radius 2 is 2.00 bits per heavy atom.